The van der Waals surface area contributed by atoms with Crippen molar-refractivity contribution >= 4 is 36.5 Å². The second-order valence-electron chi connectivity index (χ2n) is 12.8. The van der Waals surface area contributed by atoms with Crippen molar-refractivity contribution in [2.24, 2.45) is 0 Å². The smallest absolute Gasteiger partial charge is 0.408 e. The van der Waals surface area contributed by atoms with Crippen LogP contribution < -0.4 is 10.6 Å². The fourth-order valence-corrected chi connectivity index (χ4v) is 4.81. The molecule has 3 amide bonds. The van der Waals surface area contributed by atoms with Crippen LogP contribution in [0.25, 0.3) is 0 Å². The van der Waals surface area contributed by atoms with Crippen LogP contribution in [0.2, 0.25) is 0 Å². The van der Waals surface area contributed by atoms with Gasteiger partial charge in [0.25, 0.3) is 0 Å². The molecule has 2 N–H and O–H groups in total. The molecule has 2 rings (SSSR count). The first-order chi connectivity index (χ1) is 21.0. The Balaban J connectivity index is 2.64. The van der Waals surface area contributed by atoms with E-state index in [1.54, 1.807) is 72.7 Å². The average Bonchev–Trinajstić information content (AvgIpc) is 2.96. The van der Waals surface area contributed by atoms with Crippen LogP contribution in [0.5, 0.6) is 0 Å². The number of esters is 1. The Morgan fingerprint density at radius 2 is 1.47 bits per heavy atom. The van der Waals surface area contributed by atoms with Gasteiger partial charge in [0, 0.05) is 23.8 Å². The Morgan fingerprint density at radius 3 is 2.00 bits per heavy atom. The molecule has 0 saturated carbocycles. The number of hydrogen-bond acceptors (Lipinski definition) is 7. The zero-order chi connectivity index (χ0) is 33.9. The Morgan fingerprint density at radius 1 is 0.889 bits per heavy atom. The van der Waals surface area contributed by atoms with E-state index in [4.69, 9.17) is 15.9 Å². The van der Waals surface area contributed by atoms with E-state index in [9.17, 15) is 19.2 Å². The molecule has 0 bridgehead atoms. The molecule has 0 aliphatic rings. The zero-order valence-corrected chi connectivity index (χ0v) is 28.4. The molecule has 9 nitrogen and oxygen atoms in total. The summed E-state index contributed by atoms with van der Waals surface area (Å²) in [5.41, 5.74) is -0.00489. The lowest BCUT2D eigenvalue weighted by atomic mass is 9.95. The van der Waals surface area contributed by atoms with Gasteiger partial charge >= 0.3 is 12.1 Å². The van der Waals surface area contributed by atoms with Crippen molar-refractivity contribution in [2.75, 3.05) is 5.75 Å². The van der Waals surface area contributed by atoms with Crippen molar-refractivity contribution in [2.45, 2.75) is 104 Å². The van der Waals surface area contributed by atoms with Crippen molar-refractivity contribution in [3.8, 4) is 12.3 Å². The third kappa shape index (κ3) is 11.5. The van der Waals surface area contributed by atoms with E-state index in [1.165, 1.54) is 4.90 Å². The minimum atomic E-state index is -1.26. The lowest BCUT2D eigenvalue weighted by Gasteiger charge is -2.39. The summed E-state index contributed by atoms with van der Waals surface area (Å²) in [6.45, 7) is 14.1. The number of nitrogens with zero attached hydrogens (tertiary/aromatic N) is 1. The summed E-state index contributed by atoms with van der Waals surface area (Å²) in [5.74, 6) is 0.738. The molecule has 244 valence electrons. The molecule has 45 heavy (non-hydrogen) atoms. The molecule has 0 saturated heterocycles. The number of hydrogen-bond donors (Lipinski definition) is 3. The summed E-state index contributed by atoms with van der Waals surface area (Å²) in [4.78, 5) is 56.3. The fourth-order valence-electron chi connectivity index (χ4n) is 4.56. The molecule has 10 heteroatoms. The van der Waals surface area contributed by atoms with Crippen molar-refractivity contribution < 1.29 is 28.7 Å². The van der Waals surface area contributed by atoms with Gasteiger partial charge in [-0.25, -0.2) is 9.59 Å². The fraction of sp³-hybridized carbons (Fsp3) is 0.486. The van der Waals surface area contributed by atoms with Crippen molar-refractivity contribution in [1.29, 1.82) is 0 Å². The van der Waals surface area contributed by atoms with Crippen LogP contribution in [0.15, 0.2) is 54.6 Å². The van der Waals surface area contributed by atoms with Crippen LogP contribution >= 0.6 is 12.6 Å². The van der Waals surface area contributed by atoms with Crippen LogP contribution in [0.1, 0.15) is 84.5 Å². The summed E-state index contributed by atoms with van der Waals surface area (Å²) in [5, 5.41) is 5.47. The van der Waals surface area contributed by atoms with Gasteiger partial charge in [-0.2, -0.15) is 12.6 Å². The van der Waals surface area contributed by atoms with Crippen LogP contribution in [-0.4, -0.2) is 63.9 Å². The minimum absolute atomic E-state index is 0.0648. The van der Waals surface area contributed by atoms with Gasteiger partial charge in [0.05, 0.1) is 0 Å². The SMILES string of the molecule is C#Cc1ccccc1C(C(=O)NC(Cc1ccccc1)C(=O)OC(C)(C)C)N(C(=O)C(CS)NC(=O)OC(C)(C)C)C(C)CC. The number of thiol groups is 1. The number of alkyl carbamates (subject to hydrolysis) is 1. The lowest BCUT2D eigenvalue weighted by Crippen LogP contribution is -2.57. The van der Waals surface area contributed by atoms with E-state index in [0.717, 1.165) is 5.56 Å². The Hall–Kier alpha value is -3.97. The first-order valence-corrected chi connectivity index (χ1v) is 15.7. The third-order valence-electron chi connectivity index (χ3n) is 6.72. The Bertz CT molecular complexity index is 1360. The second kappa shape index (κ2) is 16.4. The van der Waals surface area contributed by atoms with Crippen LogP contribution in [-0.2, 0) is 30.3 Å². The molecular formula is C35H47N3O6S. The molecule has 0 aliphatic heterocycles. The predicted octanol–water partition coefficient (Wildman–Crippen LogP) is 5.23. The molecule has 2 aromatic rings. The van der Waals surface area contributed by atoms with Gasteiger partial charge in [-0.1, -0.05) is 61.4 Å². The predicted molar refractivity (Wildman–Crippen MR) is 179 cm³/mol. The highest BCUT2D eigenvalue weighted by molar-refractivity contribution is 7.80. The van der Waals surface area contributed by atoms with E-state index in [1.807, 2.05) is 37.3 Å². The highest BCUT2D eigenvalue weighted by Crippen LogP contribution is 2.29. The average molecular weight is 638 g/mol. The Kier molecular flexibility index (Phi) is 13.5. The largest absolute Gasteiger partial charge is 0.458 e. The summed E-state index contributed by atoms with van der Waals surface area (Å²) >= 11 is 4.35. The third-order valence-corrected chi connectivity index (χ3v) is 7.08. The van der Waals surface area contributed by atoms with Crippen LogP contribution in [0.3, 0.4) is 0 Å². The van der Waals surface area contributed by atoms with Gasteiger partial charge in [-0.05, 0) is 72.1 Å². The molecule has 4 unspecified atom stereocenters. The van der Waals surface area contributed by atoms with Gasteiger partial charge in [0.1, 0.15) is 29.3 Å². The van der Waals surface area contributed by atoms with Crippen molar-refractivity contribution in [3.63, 3.8) is 0 Å². The van der Waals surface area contributed by atoms with Gasteiger partial charge in [-0.3, -0.25) is 9.59 Å². The number of carbonyl (C=O) groups is 4. The van der Waals surface area contributed by atoms with Crippen LogP contribution in [0, 0.1) is 12.3 Å². The zero-order valence-electron chi connectivity index (χ0n) is 27.5. The molecule has 0 spiro atoms. The highest BCUT2D eigenvalue weighted by atomic mass is 32.1. The molecule has 0 aromatic heterocycles. The van der Waals surface area contributed by atoms with Gasteiger partial charge in [0.15, 0.2) is 0 Å². The maximum absolute atomic E-state index is 14.5. The molecule has 0 heterocycles. The number of rotatable bonds is 12. The quantitative estimate of drug-likeness (QED) is 0.167. The minimum Gasteiger partial charge on any atom is -0.458 e. The molecule has 0 radical (unpaired) electrons. The summed E-state index contributed by atoms with van der Waals surface area (Å²) in [6.07, 6.45) is 5.69. The first-order valence-electron chi connectivity index (χ1n) is 15.1. The highest BCUT2D eigenvalue weighted by Gasteiger charge is 2.40. The van der Waals surface area contributed by atoms with E-state index in [2.05, 4.69) is 29.2 Å². The standard InChI is InChI=1S/C35H47N3O6S/c1-10-23(3)38(31(40)28(22-45)37-33(42)44-35(7,8)9)29(26-20-16-15-19-25(26)11-2)30(39)36-27(32(41)43-34(4,5)6)21-24-17-13-12-14-18-24/h2,12-20,23,27-29,45H,10,21-22H2,1,3-9H3,(H,36,39)(H,37,42). The number of amides is 3. The van der Waals surface area contributed by atoms with Gasteiger partial charge < -0.3 is 25.0 Å². The van der Waals surface area contributed by atoms with Crippen LogP contribution in [0.4, 0.5) is 4.79 Å². The second-order valence-corrected chi connectivity index (χ2v) is 13.2. The molecule has 2 aromatic carbocycles. The van der Waals surface area contributed by atoms with Gasteiger partial charge in [0.2, 0.25) is 11.8 Å². The molecular weight excluding hydrogens is 590 g/mol. The van der Waals surface area contributed by atoms with Crippen molar-refractivity contribution in [1.82, 2.24) is 15.5 Å². The lowest BCUT2D eigenvalue weighted by molar-refractivity contribution is -0.159. The number of carbonyl (C=O) groups excluding carboxylic acids is 4. The number of nitrogens with one attached hydrogen (secondary N) is 2. The normalized spacial score (nSPS) is 14.1. The maximum Gasteiger partial charge on any atom is 0.408 e. The van der Waals surface area contributed by atoms with Gasteiger partial charge in [-0.15, -0.1) is 6.42 Å². The monoisotopic (exact) mass is 637 g/mol. The summed E-state index contributed by atoms with van der Waals surface area (Å²) in [6, 6.07) is 12.1. The first kappa shape index (κ1) is 37.2. The molecule has 4 atom stereocenters. The number of terminal acetylenes is 1. The number of benzene rings is 2. The molecule has 0 fully saturated rings. The summed E-state index contributed by atoms with van der Waals surface area (Å²) in [7, 11) is 0. The van der Waals surface area contributed by atoms with E-state index in [-0.39, 0.29) is 12.2 Å². The van der Waals surface area contributed by atoms with E-state index >= 15 is 0 Å². The summed E-state index contributed by atoms with van der Waals surface area (Å²) < 4.78 is 11.1. The maximum atomic E-state index is 14.5. The number of ether oxygens (including phenoxy) is 2. The molecule has 0 aliphatic carbocycles. The van der Waals surface area contributed by atoms with E-state index in [0.29, 0.717) is 17.5 Å². The topological polar surface area (TPSA) is 114 Å². The van der Waals surface area contributed by atoms with Crippen molar-refractivity contribution in [3.05, 3.63) is 71.3 Å². The van der Waals surface area contributed by atoms with E-state index < -0.39 is 59.2 Å². The Labute approximate surface area is 273 Å².